The van der Waals surface area contributed by atoms with Crippen molar-refractivity contribution in [2.75, 3.05) is 17.7 Å². The van der Waals surface area contributed by atoms with Gasteiger partial charge in [0.25, 0.3) is 5.91 Å². The summed E-state index contributed by atoms with van der Waals surface area (Å²) in [6.07, 6.45) is 2.83. The Balaban J connectivity index is 1.64. The summed E-state index contributed by atoms with van der Waals surface area (Å²) in [6.45, 7) is 0. The predicted molar refractivity (Wildman–Crippen MR) is 103 cm³/mol. The van der Waals surface area contributed by atoms with E-state index >= 15 is 0 Å². The number of hydrogen-bond donors (Lipinski definition) is 2. The van der Waals surface area contributed by atoms with Crippen molar-refractivity contribution in [1.82, 2.24) is 9.97 Å². The number of carbonyl (C=O) groups is 2. The van der Waals surface area contributed by atoms with Gasteiger partial charge in [0.15, 0.2) is 0 Å². The maximum atomic E-state index is 12.3. The number of halogens is 1. The lowest BCUT2D eigenvalue weighted by Crippen LogP contribution is -2.13. The van der Waals surface area contributed by atoms with Gasteiger partial charge < -0.3 is 15.4 Å². The van der Waals surface area contributed by atoms with Gasteiger partial charge in [-0.05, 0) is 42.5 Å². The lowest BCUT2D eigenvalue weighted by Gasteiger charge is -2.07. The number of benzene rings is 2. The number of aromatic nitrogens is 2. The van der Waals surface area contributed by atoms with E-state index in [1.54, 1.807) is 42.5 Å². The van der Waals surface area contributed by atoms with E-state index in [4.69, 9.17) is 11.6 Å². The third-order valence-electron chi connectivity index (χ3n) is 3.56. The first-order valence-electron chi connectivity index (χ1n) is 7.89. The molecule has 0 aliphatic heterocycles. The highest BCUT2D eigenvalue weighted by Gasteiger charge is 2.09. The van der Waals surface area contributed by atoms with E-state index in [0.717, 1.165) is 5.69 Å². The third-order valence-corrected chi connectivity index (χ3v) is 3.79. The van der Waals surface area contributed by atoms with E-state index in [1.165, 1.54) is 19.5 Å². The molecule has 3 rings (SSSR count). The van der Waals surface area contributed by atoms with Crippen molar-refractivity contribution in [3.05, 3.63) is 77.1 Å². The van der Waals surface area contributed by atoms with Crippen LogP contribution in [0.3, 0.4) is 0 Å². The van der Waals surface area contributed by atoms with Crippen molar-refractivity contribution in [3.8, 4) is 0 Å². The van der Waals surface area contributed by atoms with Crippen LogP contribution in [0.4, 0.5) is 17.3 Å². The number of carbonyl (C=O) groups excluding carboxylic acids is 2. The number of esters is 1. The van der Waals surface area contributed by atoms with Crippen LogP contribution in [0.15, 0.2) is 60.9 Å². The molecule has 0 radical (unpaired) electrons. The van der Waals surface area contributed by atoms with Crippen LogP contribution >= 0.6 is 11.6 Å². The summed E-state index contributed by atoms with van der Waals surface area (Å²) in [5.74, 6) is -0.463. The van der Waals surface area contributed by atoms with Crippen molar-refractivity contribution in [3.63, 3.8) is 0 Å². The zero-order valence-electron chi connectivity index (χ0n) is 14.3. The number of hydrogen-bond acceptors (Lipinski definition) is 6. The molecule has 0 bridgehead atoms. The Hall–Kier alpha value is -3.45. The summed E-state index contributed by atoms with van der Waals surface area (Å²) in [5, 5.41) is 6.30. The number of anilines is 3. The molecule has 0 saturated carbocycles. The number of rotatable bonds is 5. The average molecular weight is 383 g/mol. The Bertz CT molecular complexity index is 959. The molecule has 3 aromatic rings. The van der Waals surface area contributed by atoms with Gasteiger partial charge in [0.05, 0.1) is 18.2 Å². The highest BCUT2D eigenvalue weighted by molar-refractivity contribution is 6.30. The van der Waals surface area contributed by atoms with Crippen LogP contribution in [0.2, 0.25) is 5.02 Å². The fourth-order valence-electron chi connectivity index (χ4n) is 2.22. The van der Waals surface area contributed by atoms with Crippen LogP contribution in [-0.4, -0.2) is 29.0 Å². The highest BCUT2D eigenvalue weighted by Crippen LogP contribution is 2.18. The van der Waals surface area contributed by atoms with Crippen molar-refractivity contribution >= 4 is 40.8 Å². The maximum Gasteiger partial charge on any atom is 0.337 e. The fourth-order valence-corrected chi connectivity index (χ4v) is 2.41. The summed E-state index contributed by atoms with van der Waals surface area (Å²) in [7, 11) is 1.31. The maximum absolute atomic E-state index is 12.3. The van der Waals surface area contributed by atoms with E-state index < -0.39 is 5.97 Å². The number of methoxy groups -OCH3 is 1. The largest absolute Gasteiger partial charge is 0.465 e. The van der Waals surface area contributed by atoms with Gasteiger partial charge in [0.1, 0.15) is 0 Å². The molecule has 1 amide bonds. The Morgan fingerprint density at radius 3 is 2.30 bits per heavy atom. The number of amides is 1. The van der Waals surface area contributed by atoms with Crippen molar-refractivity contribution in [1.29, 1.82) is 0 Å². The molecule has 0 aliphatic carbocycles. The molecular weight excluding hydrogens is 368 g/mol. The second kappa shape index (κ2) is 8.29. The number of nitrogens with zero attached hydrogens (tertiary/aromatic N) is 2. The summed E-state index contributed by atoms with van der Waals surface area (Å²) >= 11 is 5.93. The first-order chi connectivity index (χ1) is 13.0. The van der Waals surface area contributed by atoms with E-state index in [9.17, 15) is 9.59 Å². The molecule has 7 nitrogen and oxygen atoms in total. The molecule has 0 unspecified atom stereocenters. The van der Waals surface area contributed by atoms with Gasteiger partial charge >= 0.3 is 5.97 Å². The number of nitrogens with one attached hydrogen (secondary N) is 2. The van der Waals surface area contributed by atoms with Crippen molar-refractivity contribution < 1.29 is 14.3 Å². The van der Waals surface area contributed by atoms with Crippen LogP contribution in [0.1, 0.15) is 20.7 Å². The van der Waals surface area contributed by atoms with Crippen LogP contribution < -0.4 is 10.6 Å². The standard InChI is InChI=1S/C19H15ClN4O3/c1-27-18(26)12-5-7-15(8-6-12)23-17(25)13-10-21-19(22-11-13)24-16-4-2-3-14(20)9-16/h2-11H,1H3,(H,23,25)(H,21,22,24). The third kappa shape index (κ3) is 4.80. The molecule has 27 heavy (non-hydrogen) atoms. The van der Waals surface area contributed by atoms with Gasteiger partial charge in [-0.15, -0.1) is 0 Å². The molecule has 1 heterocycles. The van der Waals surface area contributed by atoms with Crippen LogP contribution in [0, 0.1) is 0 Å². The van der Waals surface area contributed by atoms with Gasteiger partial charge in [-0.1, -0.05) is 17.7 Å². The number of ether oxygens (including phenoxy) is 1. The molecule has 0 fully saturated rings. The minimum Gasteiger partial charge on any atom is -0.465 e. The van der Waals surface area contributed by atoms with E-state index in [1.807, 2.05) is 6.07 Å². The van der Waals surface area contributed by atoms with Gasteiger partial charge in [-0.3, -0.25) is 4.79 Å². The van der Waals surface area contributed by atoms with E-state index in [-0.39, 0.29) is 5.91 Å². The predicted octanol–water partition coefficient (Wildman–Crippen LogP) is 3.91. The Morgan fingerprint density at radius 1 is 0.963 bits per heavy atom. The van der Waals surface area contributed by atoms with Crippen molar-refractivity contribution in [2.45, 2.75) is 0 Å². The van der Waals surface area contributed by atoms with E-state index in [0.29, 0.717) is 27.8 Å². The molecular formula is C19H15ClN4O3. The van der Waals surface area contributed by atoms with Crippen LogP contribution in [-0.2, 0) is 4.74 Å². The van der Waals surface area contributed by atoms with Gasteiger partial charge in [0, 0.05) is 28.8 Å². The zero-order valence-corrected chi connectivity index (χ0v) is 15.0. The monoisotopic (exact) mass is 382 g/mol. The summed E-state index contributed by atoms with van der Waals surface area (Å²) in [5.41, 5.74) is 1.97. The Kier molecular flexibility index (Phi) is 5.63. The summed E-state index contributed by atoms with van der Waals surface area (Å²) in [4.78, 5) is 31.9. The first-order valence-corrected chi connectivity index (χ1v) is 8.27. The minimum atomic E-state index is -0.441. The zero-order chi connectivity index (χ0) is 19.2. The quantitative estimate of drug-likeness (QED) is 0.650. The SMILES string of the molecule is COC(=O)c1ccc(NC(=O)c2cnc(Nc3cccc(Cl)c3)nc2)cc1. The molecule has 0 saturated heterocycles. The smallest absolute Gasteiger partial charge is 0.337 e. The van der Waals surface area contributed by atoms with Crippen LogP contribution in [0.25, 0.3) is 0 Å². The molecule has 2 N–H and O–H groups in total. The fraction of sp³-hybridized carbons (Fsp3) is 0.0526. The molecule has 0 atom stereocenters. The molecule has 136 valence electrons. The summed E-state index contributed by atoms with van der Waals surface area (Å²) < 4.78 is 4.63. The van der Waals surface area contributed by atoms with Crippen LogP contribution in [0.5, 0.6) is 0 Å². The first kappa shape index (κ1) is 18.3. The second-order valence-corrected chi connectivity index (χ2v) is 5.89. The van der Waals surface area contributed by atoms with E-state index in [2.05, 4.69) is 25.3 Å². The average Bonchev–Trinajstić information content (AvgIpc) is 2.68. The molecule has 2 aromatic carbocycles. The minimum absolute atomic E-state index is 0.295. The molecule has 8 heteroatoms. The Labute approximate surface area is 160 Å². The molecule has 0 spiro atoms. The highest BCUT2D eigenvalue weighted by atomic mass is 35.5. The van der Waals surface area contributed by atoms with Crippen molar-refractivity contribution in [2.24, 2.45) is 0 Å². The van der Waals surface area contributed by atoms with Gasteiger partial charge in [-0.25, -0.2) is 14.8 Å². The van der Waals surface area contributed by atoms with Gasteiger partial charge in [0.2, 0.25) is 5.95 Å². The lowest BCUT2D eigenvalue weighted by atomic mass is 10.2. The summed E-state index contributed by atoms with van der Waals surface area (Å²) in [6, 6.07) is 13.5. The second-order valence-electron chi connectivity index (χ2n) is 5.45. The molecule has 1 aromatic heterocycles. The topological polar surface area (TPSA) is 93.2 Å². The lowest BCUT2D eigenvalue weighted by molar-refractivity contribution is 0.0600. The van der Waals surface area contributed by atoms with Gasteiger partial charge in [-0.2, -0.15) is 0 Å². The Morgan fingerprint density at radius 2 is 1.67 bits per heavy atom. The normalized spacial score (nSPS) is 10.1. The molecule has 0 aliphatic rings.